The van der Waals surface area contributed by atoms with Gasteiger partial charge in [-0.1, -0.05) is 96.1 Å². The van der Waals surface area contributed by atoms with Gasteiger partial charge in [-0.3, -0.25) is 14.4 Å². The predicted octanol–water partition coefficient (Wildman–Crippen LogP) is 2.95. The fraction of sp³-hybridized carbons (Fsp3) is 0.438. The van der Waals surface area contributed by atoms with Crippen LogP contribution < -0.4 is 21.3 Å². The van der Waals surface area contributed by atoms with Crippen molar-refractivity contribution in [1.82, 2.24) is 21.3 Å². The third-order valence-electron chi connectivity index (χ3n) is 6.32. The second-order valence-electron chi connectivity index (χ2n) is 10.4. The Morgan fingerprint density at radius 3 is 1.71 bits per heavy atom. The van der Waals surface area contributed by atoms with Crippen molar-refractivity contribution < 1.29 is 47.7 Å². The highest BCUT2D eigenvalue weighted by molar-refractivity contribution is 8.76. The lowest BCUT2D eigenvalue weighted by atomic mass is 10.0. The van der Waals surface area contributed by atoms with Crippen molar-refractivity contribution in [1.29, 1.82) is 0 Å². The summed E-state index contributed by atoms with van der Waals surface area (Å²) in [5.41, 5.74) is 1.53. The number of alkyl carbamates (subject to hydrolysis) is 2. The van der Waals surface area contributed by atoms with Crippen LogP contribution in [0, 0.1) is 5.92 Å². The van der Waals surface area contributed by atoms with Gasteiger partial charge in [-0.05, 0) is 24.0 Å². The Bertz CT molecular complexity index is 1330. The number of carbonyl (C=O) groups is 6. The van der Waals surface area contributed by atoms with Crippen LogP contribution >= 0.6 is 21.6 Å². The van der Waals surface area contributed by atoms with Crippen LogP contribution in [0.25, 0.3) is 0 Å². The van der Waals surface area contributed by atoms with Crippen LogP contribution in [0.2, 0.25) is 0 Å². The number of rotatable bonds is 19. The largest absolute Gasteiger partial charge is 0.467 e. The molecular weight excluding hydrogens is 665 g/mol. The number of nitrogens with one attached hydrogen (secondary N) is 4. The summed E-state index contributed by atoms with van der Waals surface area (Å²) in [6.45, 7) is 4.76. The van der Waals surface area contributed by atoms with Crippen molar-refractivity contribution in [2.75, 3.05) is 31.8 Å². The molecule has 0 spiro atoms. The second-order valence-corrected chi connectivity index (χ2v) is 12.9. The molecule has 2 aromatic carbocycles. The summed E-state index contributed by atoms with van der Waals surface area (Å²) in [7, 11) is 3.43. The van der Waals surface area contributed by atoms with Crippen molar-refractivity contribution in [3.8, 4) is 0 Å². The second kappa shape index (κ2) is 22.2. The zero-order chi connectivity index (χ0) is 35.3. The van der Waals surface area contributed by atoms with E-state index in [0.29, 0.717) is 0 Å². The number of carbonyl (C=O) groups excluding carboxylic acids is 6. The van der Waals surface area contributed by atoms with Gasteiger partial charge in [0.1, 0.15) is 37.9 Å². The molecule has 0 bridgehead atoms. The Kier molecular flexibility index (Phi) is 18.4. The van der Waals surface area contributed by atoms with Gasteiger partial charge in [0.05, 0.1) is 13.7 Å². The molecule has 48 heavy (non-hydrogen) atoms. The number of ether oxygens (including phenoxy) is 4. The number of esters is 2. The van der Waals surface area contributed by atoms with Crippen LogP contribution in [0.4, 0.5) is 9.59 Å². The van der Waals surface area contributed by atoms with Gasteiger partial charge in [-0.15, -0.1) is 0 Å². The molecule has 0 aliphatic carbocycles. The minimum Gasteiger partial charge on any atom is -0.467 e. The molecular formula is C32H42N4O10S2. The average molecular weight is 707 g/mol. The van der Waals surface area contributed by atoms with Crippen molar-refractivity contribution in [2.24, 2.45) is 5.92 Å². The maximum absolute atomic E-state index is 13.3. The summed E-state index contributed by atoms with van der Waals surface area (Å²) in [6.07, 6.45) is -1.64. The van der Waals surface area contributed by atoms with Crippen LogP contribution in [0.15, 0.2) is 60.7 Å². The summed E-state index contributed by atoms with van der Waals surface area (Å²) in [5, 5.41) is 10.1. The van der Waals surface area contributed by atoms with E-state index in [9.17, 15) is 28.8 Å². The standard InChI is InChI=1S/C32H42N4O10S2/c1-5-44-26(37)16-33-28(38)24(34-29(39)27(21(2)3)36-32(42)46-18-23-14-10-7-11-15-23)19-47-48-20-25(30(40)43-4)35-31(41)45-17-22-12-8-6-9-13-22/h6-15,21,24-25,27H,5,16-20H2,1-4H3,(H,33,38)(H,34,39)(H,35,41)(H,36,42)/t24-,25+,27+/m0/s1. The third-order valence-corrected chi connectivity index (χ3v) is 8.75. The van der Waals surface area contributed by atoms with Crippen LogP contribution in [-0.2, 0) is 51.3 Å². The van der Waals surface area contributed by atoms with E-state index in [1.54, 1.807) is 69.3 Å². The van der Waals surface area contributed by atoms with Crippen molar-refractivity contribution in [3.05, 3.63) is 71.8 Å². The highest BCUT2D eigenvalue weighted by Gasteiger charge is 2.30. The van der Waals surface area contributed by atoms with Crippen LogP contribution in [0.3, 0.4) is 0 Å². The Labute approximate surface area is 287 Å². The molecule has 2 aromatic rings. The molecule has 16 heteroatoms. The van der Waals surface area contributed by atoms with Gasteiger partial charge in [0.25, 0.3) is 0 Å². The maximum Gasteiger partial charge on any atom is 0.408 e. The quantitative estimate of drug-likeness (QED) is 0.0725. The third kappa shape index (κ3) is 15.4. The van der Waals surface area contributed by atoms with Gasteiger partial charge in [0.15, 0.2) is 0 Å². The first-order chi connectivity index (χ1) is 23.0. The van der Waals surface area contributed by atoms with Gasteiger partial charge in [-0.2, -0.15) is 0 Å². The van der Waals surface area contributed by atoms with E-state index in [0.717, 1.165) is 32.7 Å². The fourth-order valence-corrected chi connectivity index (χ4v) is 6.13. The van der Waals surface area contributed by atoms with Gasteiger partial charge in [-0.25, -0.2) is 14.4 Å². The highest BCUT2D eigenvalue weighted by atomic mass is 33.1. The zero-order valence-corrected chi connectivity index (χ0v) is 28.9. The van der Waals surface area contributed by atoms with Crippen molar-refractivity contribution in [3.63, 3.8) is 0 Å². The number of amides is 4. The maximum atomic E-state index is 13.3. The Morgan fingerprint density at radius 1 is 0.688 bits per heavy atom. The number of hydrogen-bond donors (Lipinski definition) is 4. The molecule has 3 atom stereocenters. The lowest BCUT2D eigenvalue weighted by molar-refractivity contribution is -0.143. The van der Waals surface area contributed by atoms with E-state index in [-0.39, 0.29) is 37.2 Å². The van der Waals surface area contributed by atoms with Crippen molar-refractivity contribution >= 4 is 57.5 Å². The van der Waals surface area contributed by atoms with E-state index in [2.05, 4.69) is 21.3 Å². The van der Waals surface area contributed by atoms with E-state index >= 15 is 0 Å². The number of benzene rings is 2. The van der Waals surface area contributed by atoms with E-state index in [1.165, 1.54) is 7.11 Å². The summed E-state index contributed by atoms with van der Waals surface area (Å²) >= 11 is 0. The molecule has 0 radical (unpaired) electrons. The van der Waals surface area contributed by atoms with Gasteiger partial charge >= 0.3 is 24.1 Å². The molecule has 0 aliphatic heterocycles. The molecule has 0 heterocycles. The monoisotopic (exact) mass is 706 g/mol. The van der Waals surface area contributed by atoms with E-state index in [4.69, 9.17) is 18.9 Å². The average Bonchev–Trinajstić information content (AvgIpc) is 3.08. The van der Waals surface area contributed by atoms with Crippen LogP contribution in [0.1, 0.15) is 31.9 Å². The molecule has 0 saturated heterocycles. The topological polar surface area (TPSA) is 187 Å². The SMILES string of the molecule is CCOC(=O)CNC(=O)[C@H](CSSC[C@@H](NC(=O)OCc1ccccc1)C(=O)OC)NC(=O)[C@H](NC(=O)OCc1ccccc1)C(C)C. The zero-order valence-electron chi connectivity index (χ0n) is 27.2. The van der Waals surface area contributed by atoms with Gasteiger partial charge in [0.2, 0.25) is 11.8 Å². The van der Waals surface area contributed by atoms with Gasteiger partial charge in [0, 0.05) is 11.5 Å². The summed E-state index contributed by atoms with van der Waals surface area (Å²) < 4.78 is 20.1. The molecule has 14 nitrogen and oxygen atoms in total. The lowest BCUT2D eigenvalue weighted by Crippen LogP contribution is -2.56. The van der Waals surface area contributed by atoms with Gasteiger partial charge < -0.3 is 40.2 Å². The molecule has 2 rings (SSSR count). The molecule has 4 amide bonds. The minimum atomic E-state index is -1.16. The number of methoxy groups -OCH3 is 1. The number of hydrogen-bond acceptors (Lipinski definition) is 12. The smallest absolute Gasteiger partial charge is 0.408 e. The van der Waals surface area contributed by atoms with E-state index in [1.807, 2.05) is 12.1 Å². The van der Waals surface area contributed by atoms with Crippen molar-refractivity contribution in [2.45, 2.75) is 52.1 Å². The molecule has 0 fully saturated rings. The van der Waals surface area contributed by atoms with Crippen LogP contribution in [-0.4, -0.2) is 85.8 Å². The first kappa shape index (κ1) is 39.7. The molecule has 0 unspecified atom stereocenters. The molecule has 0 saturated carbocycles. The molecule has 0 aliphatic rings. The Balaban J connectivity index is 2.00. The lowest BCUT2D eigenvalue weighted by Gasteiger charge is -2.25. The fourth-order valence-electron chi connectivity index (χ4n) is 3.82. The minimum absolute atomic E-state index is 0.00171. The first-order valence-corrected chi connectivity index (χ1v) is 17.5. The summed E-state index contributed by atoms with van der Waals surface area (Å²) in [4.78, 5) is 75.4. The normalized spacial score (nSPS) is 12.4. The molecule has 0 aromatic heterocycles. The Morgan fingerprint density at radius 2 is 1.21 bits per heavy atom. The predicted molar refractivity (Wildman–Crippen MR) is 180 cm³/mol. The molecule has 262 valence electrons. The summed E-state index contributed by atoms with van der Waals surface area (Å²) in [6, 6.07) is 14.7. The Hall–Kier alpha value is -4.44. The van der Waals surface area contributed by atoms with Crippen LogP contribution in [0.5, 0.6) is 0 Å². The van der Waals surface area contributed by atoms with E-state index < -0.39 is 60.6 Å². The summed E-state index contributed by atoms with van der Waals surface area (Å²) in [5.74, 6) is -3.06. The highest BCUT2D eigenvalue weighted by Crippen LogP contribution is 2.24. The first-order valence-electron chi connectivity index (χ1n) is 15.0. The molecule has 4 N–H and O–H groups in total.